The van der Waals surface area contributed by atoms with E-state index in [-0.39, 0.29) is 17.9 Å². The number of nitrogens with zero attached hydrogens (tertiary/aromatic N) is 1. The highest BCUT2D eigenvalue weighted by molar-refractivity contribution is 6.30. The fourth-order valence-electron chi connectivity index (χ4n) is 3.00. The Morgan fingerprint density at radius 2 is 2.14 bits per heavy atom. The van der Waals surface area contributed by atoms with Gasteiger partial charge in [0.1, 0.15) is 0 Å². The molecule has 1 amide bonds. The van der Waals surface area contributed by atoms with Crippen molar-refractivity contribution < 1.29 is 9.53 Å². The molecule has 1 heterocycles. The van der Waals surface area contributed by atoms with Gasteiger partial charge in [0.05, 0.1) is 12.5 Å². The van der Waals surface area contributed by atoms with Crippen LogP contribution in [0.4, 0.5) is 0 Å². The first-order chi connectivity index (χ1) is 10.2. The molecule has 0 spiro atoms. The van der Waals surface area contributed by atoms with Crippen LogP contribution in [0.2, 0.25) is 5.02 Å². The van der Waals surface area contributed by atoms with Gasteiger partial charge in [-0.05, 0) is 37.6 Å². The Labute approximate surface area is 131 Å². The molecule has 1 aliphatic heterocycles. The predicted molar refractivity (Wildman–Crippen MR) is 84.4 cm³/mol. The Bertz CT molecular complexity index is 464. The number of benzene rings is 1. The van der Waals surface area contributed by atoms with Crippen molar-refractivity contribution >= 4 is 17.5 Å². The van der Waals surface area contributed by atoms with E-state index in [2.05, 4.69) is 10.2 Å². The second-order valence-electron chi connectivity index (χ2n) is 5.31. The molecule has 1 aromatic carbocycles. The Morgan fingerprint density at radius 1 is 1.43 bits per heavy atom. The molecule has 2 atom stereocenters. The molecule has 1 aliphatic rings. The highest BCUT2D eigenvalue weighted by atomic mass is 35.5. The van der Waals surface area contributed by atoms with Crippen LogP contribution in [0.3, 0.4) is 0 Å². The molecule has 0 aliphatic carbocycles. The number of amides is 1. The number of likely N-dealkylation sites (tertiary alicyclic amines) is 1. The Hall–Kier alpha value is -1.10. The van der Waals surface area contributed by atoms with Crippen LogP contribution in [0.15, 0.2) is 24.3 Å². The van der Waals surface area contributed by atoms with Crippen molar-refractivity contribution in [2.75, 3.05) is 33.4 Å². The number of carbonyl (C=O) groups excluding carboxylic acids is 1. The molecular weight excluding hydrogens is 288 g/mol. The average molecular weight is 311 g/mol. The van der Waals surface area contributed by atoms with E-state index in [0.717, 1.165) is 30.1 Å². The van der Waals surface area contributed by atoms with Gasteiger partial charge >= 0.3 is 0 Å². The van der Waals surface area contributed by atoms with Gasteiger partial charge in [-0.15, -0.1) is 0 Å². The zero-order valence-corrected chi connectivity index (χ0v) is 13.4. The Balaban J connectivity index is 2.21. The van der Waals surface area contributed by atoms with Crippen LogP contribution < -0.4 is 5.32 Å². The molecule has 1 aromatic rings. The number of nitrogens with one attached hydrogen (secondary N) is 1. The topological polar surface area (TPSA) is 41.6 Å². The van der Waals surface area contributed by atoms with Gasteiger partial charge in [0.2, 0.25) is 5.91 Å². The molecule has 0 bridgehead atoms. The number of carbonyl (C=O) groups is 1. The summed E-state index contributed by atoms with van der Waals surface area (Å²) in [5.74, 6) is 0.125. The summed E-state index contributed by atoms with van der Waals surface area (Å²) >= 11 is 5.97. The normalized spacial score (nSPS) is 22.4. The second kappa shape index (κ2) is 7.78. The quantitative estimate of drug-likeness (QED) is 0.877. The monoisotopic (exact) mass is 310 g/mol. The molecule has 1 saturated heterocycles. The Kier molecular flexibility index (Phi) is 6.03. The van der Waals surface area contributed by atoms with E-state index < -0.39 is 0 Å². The molecule has 0 unspecified atom stereocenters. The fraction of sp³-hybridized carbons (Fsp3) is 0.562. The van der Waals surface area contributed by atoms with E-state index >= 15 is 0 Å². The lowest BCUT2D eigenvalue weighted by atomic mass is 9.93. The first kappa shape index (κ1) is 16.3. The van der Waals surface area contributed by atoms with Crippen LogP contribution in [-0.2, 0) is 9.53 Å². The maximum Gasteiger partial charge on any atom is 0.225 e. The summed E-state index contributed by atoms with van der Waals surface area (Å²) in [5, 5.41) is 3.67. The third-order valence-corrected chi connectivity index (χ3v) is 4.24. The third kappa shape index (κ3) is 3.96. The van der Waals surface area contributed by atoms with Gasteiger partial charge in [-0.25, -0.2) is 0 Å². The van der Waals surface area contributed by atoms with Gasteiger partial charge in [0, 0.05) is 31.3 Å². The van der Waals surface area contributed by atoms with E-state index in [1.54, 1.807) is 7.11 Å². The van der Waals surface area contributed by atoms with E-state index in [0.29, 0.717) is 13.2 Å². The lowest BCUT2D eigenvalue weighted by Crippen LogP contribution is -2.36. The van der Waals surface area contributed by atoms with Crippen LogP contribution in [0.1, 0.15) is 24.9 Å². The molecule has 0 aromatic heterocycles. The highest BCUT2D eigenvalue weighted by Crippen LogP contribution is 2.37. The zero-order valence-electron chi connectivity index (χ0n) is 12.6. The van der Waals surface area contributed by atoms with Crippen molar-refractivity contribution in [1.29, 1.82) is 0 Å². The number of halogens is 1. The van der Waals surface area contributed by atoms with Crippen molar-refractivity contribution in [3.8, 4) is 0 Å². The molecular formula is C16H23ClN2O2. The lowest BCUT2D eigenvalue weighted by molar-refractivity contribution is -0.125. The highest BCUT2D eigenvalue weighted by Gasteiger charge is 2.39. The SMILES string of the molecule is CCNC(=O)[C@H]1CCN(CCOC)[C@H]1c1ccc(Cl)cc1. The number of hydrogen-bond acceptors (Lipinski definition) is 3. The molecule has 0 radical (unpaired) electrons. The number of rotatable bonds is 6. The molecule has 21 heavy (non-hydrogen) atoms. The smallest absolute Gasteiger partial charge is 0.225 e. The van der Waals surface area contributed by atoms with Gasteiger partial charge in [-0.2, -0.15) is 0 Å². The third-order valence-electron chi connectivity index (χ3n) is 3.98. The summed E-state index contributed by atoms with van der Waals surface area (Å²) in [7, 11) is 1.70. The van der Waals surface area contributed by atoms with Crippen molar-refractivity contribution in [3.05, 3.63) is 34.9 Å². The molecule has 4 nitrogen and oxygen atoms in total. The van der Waals surface area contributed by atoms with Gasteiger partial charge in [0.25, 0.3) is 0 Å². The minimum atomic E-state index is -0.0111. The molecule has 0 saturated carbocycles. The zero-order chi connectivity index (χ0) is 15.2. The predicted octanol–water partition coefficient (Wildman–Crippen LogP) is 2.49. The van der Waals surface area contributed by atoms with Crippen molar-refractivity contribution in [2.45, 2.75) is 19.4 Å². The van der Waals surface area contributed by atoms with Crippen molar-refractivity contribution in [2.24, 2.45) is 5.92 Å². The number of methoxy groups -OCH3 is 1. The van der Waals surface area contributed by atoms with Crippen LogP contribution in [-0.4, -0.2) is 44.2 Å². The summed E-state index contributed by atoms with van der Waals surface area (Å²) in [4.78, 5) is 14.6. The summed E-state index contributed by atoms with van der Waals surface area (Å²) in [6.07, 6.45) is 0.878. The fourth-order valence-corrected chi connectivity index (χ4v) is 3.12. The largest absolute Gasteiger partial charge is 0.383 e. The first-order valence-electron chi connectivity index (χ1n) is 7.43. The van der Waals surface area contributed by atoms with Crippen molar-refractivity contribution in [1.82, 2.24) is 10.2 Å². The summed E-state index contributed by atoms with van der Waals surface area (Å²) in [6.45, 7) is 5.04. The number of ether oxygens (including phenoxy) is 1. The van der Waals surface area contributed by atoms with E-state index in [1.165, 1.54) is 0 Å². The average Bonchev–Trinajstić information content (AvgIpc) is 2.90. The standard InChI is InChI=1S/C16H23ClN2O2/c1-3-18-16(20)14-8-9-19(10-11-21-2)15(14)12-4-6-13(17)7-5-12/h4-7,14-15H,3,8-11H2,1-2H3,(H,18,20)/t14-,15-/m0/s1. The molecule has 2 rings (SSSR count). The van der Waals surface area contributed by atoms with Crippen molar-refractivity contribution in [3.63, 3.8) is 0 Å². The summed E-state index contributed by atoms with van der Waals surface area (Å²) < 4.78 is 5.19. The second-order valence-corrected chi connectivity index (χ2v) is 5.75. The van der Waals surface area contributed by atoms with E-state index in [9.17, 15) is 4.79 Å². The lowest BCUT2D eigenvalue weighted by Gasteiger charge is -2.28. The van der Waals surface area contributed by atoms with Crippen LogP contribution >= 0.6 is 11.6 Å². The molecule has 116 valence electrons. The molecule has 5 heteroatoms. The van der Waals surface area contributed by atoms with Gasteiger partial charge in [0.15, 0.2) is 0 Å². The maximum atomic E-state index is 12.3. The summed E-state index contributed by atoms with van der Waals surface area (Å²) in [5.41, 5.74) is 1.14. The minimum Gasteiger partial charge on any atom is -0.383 e. The van der Waals surface area contributed by atoms with Gasteiger partial charge in [-0.1, -0.05) is 23.7 Å². The Morgan fingerprint density at radius 3 is 2.76 bits per heavy atom. The minimum absolute atomic E-state index is 0.0111. The molecule has 1 fully saturated rings. The van der Waals surface area contributed by atoms with Crippen LogP contribution in [0.5, 0.6) is 0 Å². The number of hydrogen-bond donors (Lipinski definition) is 1. The van der Waals surface area contributed by atoms with Crippen LogP contribution in [0, 0.1) is 5.92 Å². The van der Waals surface area contributed by atoms with E-state index in [1.807, 2.05) is 31.2 Å². The first-order valence-corrected chi connectivity index (χ1v) is 7.81. The van der Waals surface area contributed by atoms with Crippen LogP contribution in [0.25, 0.3) is 0 Å². The maximum absolute atomic E-state index is 12.3. The van der Waals surface area contributed by atoms with Gasteiger partial charge < -0.3 is 10.1 Å². The van der Waals surface area contributed by atoms with Gasteiger partial charge in [-0.3, -0.25) is 9.69 Å². The van der Waals surface area contributed by atoms with E-state index in [4.69, 9.17) is 16.3 Å². The summed E-state index contributed by atoms with van der Waals surface area (Å²) in [6, 6.07) is 7.91. The molecule has 1 N–H and O–H groups in total.